The molecule has 0 radical (unpaired) electrons. The SMILES string of the molecule is Cc1ccncc1C(CN)N(C)CCc1ccccn1. The standard InChI is InChI=1S/C16H22N4/c1-13-6-9-18-12-15(13)16(11-17)20(2)10-7-14-5-3-4-8-19-14/h3-6,8-9,12,16H,7,10-11,17H2,1-2H3. The molecule has 2 N–H and O–H groups in total. The van der Waals surface area contributed by atoms with Crippen LogP contribution in [0.4, 0.5) is 0 Å². The minimum absolute atomic E-state index is 0.201. The van der Waals surface area contributed by atoms with E-state index >= 15 is 0 Å². The molecule has 2 rings (SSSR count). The first-order valence-electron chi connectivity index (χ1n) is 6.93. The van der Waals surface area contributed by atoms with Crippen molar-refractivity contribution in [3.8, 4) is 0 Å². The normalized spacial score (nSPS) is 12.6. The highest BCUT2D eigenvalue weighted by molar-refractivity contribution is 5.25. The third kappa shape index (κ3) is 3.62. The highest BCUT2D eigenvalue weighted by Gasteiger charge is 2.17. The quantitative estimate of drug-likeness (QED) is 0.872. The second kappa shape index (κ2) is 7.12. The van der Waals surface area contributed by atoms with Crippen LogP contribution in [-0.2, 0) is 6.42 Å². The molecule has 2 aromatic heterocycles. The molecule has 20 heavy (non-hydrogen) atoms. The van der Waals surface area contributed by atoms with Crippen LogP contribution in [-0.4, -0.2) is 35.0 Å². The summed E-state index contributed by atoms with van der Waals surface area (Å²) in [5.74, 6) is 0. The van der Waals surface area contributed by atoms with Crippen LogP contribution in [0, 0.1) is 6.92 Å². The van der Waals surface area contributed by atoms with Gasteiger partial charge in [-0.15, -0.1) is 0 Å². The Bertz CT molecular complexity index is 527. The second-order valence-electron chi connectivity index (χ2n) is 5.04. The molecule has 0 saturated carbocycles. The van der Waals surface area contributed by atoms with Gasteiger partial charge in [0.1, 0.15) is 0 Å². The van der Waals surface area contributed by atoms with Gasteiger partial charge < -0.3 is 5.73 Å². The summed E-state index contributed by atoms with van der Waals surface area (Å²) in [6.45, 7) is 3.62. The maximum absolute atomic E-state index is 5.96. The van der Waals surface area contributed by atoms with Gasteiger partial charge >= 0.3 is 0 Å². The van der Waals surface area contributed by atoms with Crippen molar-refractivity contribution in [3.05, 3.63) is 59.7 Å². The van der Waals surface area contributed by atoms with E-state index in [0.717, 1.165) is 18.7 Å². The molecule has 0 aliphatic carbocycles. The van der Waals surface area contributed by atoms with Crippen LogP contribution in [0.15, 0.2) is 42.9 Å². The molecule has 2 heterocycles. The van der Waals surface area contributed by atoms with Crippen LogP contribution in [0.1, 0.15) is 22.9 Å². The molecular weight excluding hydrogens is 248 g/mol. The van der Waals surface area contributed by atoms with Gasteiger partial charge in [0.15, 0.2) is 0 Å². The first-order valence-corrected chi connectivity index (χ1v) is 6.93. The lowest BCUT2D eigenvalue weighted by Gasteiger charge is -2.28. The van der Waals surface area contributed by atoms with E-state index in [-0.39, 0.29) is 6.04 Å². The van der Waals surface area contributed by atoms with Crippen molar-refractivity contribution in [3.63, 3.8) is 0 Å². The zero-order chi connectivity index (χ0) is 14.4. The Morgan fingerprint density at radius 2 is 2.10 bits per heavy atom. The van der Waals surface area contributed by atoms with Crippen LogP contribution in [0.25, 0.3) is 0 Å². The van der Waals surface area contributed by atoms with Gasteiger partial charge in [-0.05, 0) is 43.3 Å². The van der Waals surface area contributed by atoms with Gasteiger partial charge in [-0.1, -0.05) is 6.07 Å². The van der Waals surface area contributed by atoms with Crippen molar-refractivity contribution in [2.75, 3.05) is 20.1 Å². The second-order valence-corrected chi connectivity index (χ2v) is 5.04. The Morgan fingerprint density at radius 1 is 1.25 bits per heavy atom. The lowest BCUT2D eigenvalue weighted by molar-refractivity contribution is 0.251. The molecule has 0 aliphatic rings. The van der Waals surface area contributed by atoms with E-state index in [1.165, 1.54) is 11.1 Å². The highest BCUT2D eigenvalue weighted by atomic mass is 15.1. The summed E-state index contributed by atoms with van der Waals surface area (Å²) in [5.41, 5.74) is 9.51. The summed E-state index contributed by atoms with van der Waals surface area (Å²) in [5, 5.41) is 0. The monoisotopic (exact) mass is 270 g/mol. The average molecular weight is 270 g/mol. The molecule has 1 unspecified atom stereocenters. The van der Waals surface area contributed by atoms with Gasteiger partial charge in [0, 0.05) is 49.8 Å². The fourth-order valence-electron chi connectivity index (χ4n) is 2.36. The largest absolute Gasteiger partial charge is 0.329 e. The van der Waals surface area contributed by atoms with Gasteiger partial charge in [-0.3, -0.25) is 14.9 Å². The molecule has 4 nitrogen and oxygen atoms in total. The van der Waals surface area contributed by atoms with E-state index < -0.39 is 0 Å². The number of aryl methyl sites for hydroxylation is 1. The van der Waals surface area contributed by atoms with Gasteiger partial charge in [-0.25, -0.2) is 0 Å². The van der Waals surface area contributed by atoms with Crippen LogP contribution in [0.3, 0.4) is 0 Å². The van der Waals surface area contributed by atoms with E-state index in [4.69, 9.17) is 5.73 Å². The number of hydrogen-bond acceptors (Lipinski definition) is 4. The molecule has 0 saturated heterocycles. The van der Waals surface area contributed by atoms with Crippen molar-refractivity contribution in [2.45, 2.75) is 19.4 Å². The maximum atomic E-state index is 5.96. The number of likely N-dealkylation sites (N-methyl/N-ethyl adjacent to an activating group) is 1. The molecule has 0 amide bonds. The van der Waals surface area contributed by atoms with Gasteiger partial charge in [0.05, 0.1) is 0 Å². The highest BCUT2D eigenvalue weighted by Crippen LogP contribution is 2.20. The molecular formula is C16H22N4. The van der Waals surface area contributed by atoms with E-state index in [0.29, 0.717) is 6.54 Å². The molecule has 0 spiro atoms. The number of aromatic nitrogens is 2. The smallest absolute Gasteiger partial charge is 0.0485 e. The van der Waals surface area contributed by atoms with Crippen molar-refractivity contribution < 1.29 is 0 Å². The first-order chi connectivity index (χ1) is 9.72. The third-order valence-corrected chi connectivity index (χ3v) is 3.64. The fourth-order valence-corrected chi connectivity index (χ4v) is 2.36. The third-order valence-electron chi connectivity index (χ3n) is 3.64. The summed E-state index contributed by atoms with van der Waals surface area (Å²) in [4.78, 5) is 10.9. The number of pyridine rings is 2. The van der Waals surface area contributed by atoms with Crippen LogP contribution >= 0.6 is 0 Å². The topological polar surface area (TPSA) is 55.0 Å². The molecule has 0 fully saturated rings. The van der Waals surface area contributed by atoms with Crippen molar-refractivity contribution >= 4 is 0 Å². The lowest BCUT2D eigenvalue weighted by atomic mass is 10.0. The first kappa shape index (κ1) is 14.6. The summed E-state index contributed by atoms with van der Waals surface area (Å²) < 4.78 is 0. The van der Waals surface area contributed by atoms with E-state index in [1.807, 2.05) is 36.8 Å². The Morgan fingerprint density at radius 3 is 2.75 bits per heavy atom. The minimum atomic E-state index is 0.201. The van der Waals surface area contributed by atoms with Gasteiger partial charge in [-0.2, -0.15) is 0 Å². The summed E-state index contributed by atoms with van der Waals surface area (Å²) in [6.07, 6.45) is 6.50. The molecule has 0 aromatic carbocycles. The number of nitrogens with zero attached hydrogens (tertiary/aromatic N) is 3. The Balaban J connectivity index is 2.03. The van der Waals surface area contributed by atoms with Crippen LogP contribution in [0.5, 0.6) is 0 Å². The zero-order valence-electron chi connectivity index (χ0n) is 12.2. The van der Waals surface area contributed by atoms with E-state index in [2.05, 4.69) is 34.9 Å². The summed E-state index contributed by atoms with van der Waals surface area (Å²) >= 11 is 0. The predicted octanol–water partition coefficient (Wildman–Crippen LogP) is 1.96. The van der Waals surface area contributed by atoms with E-state index in [9.17, 15) is 0 Å². The predicted molar refractivity (Wildman–Crippen MR) is 81.3 cm³/mol. The van der Waals surface area contributed by atoms with Crippen molar-refractivity contribution in [1.29, 1.82) is 0 Å². The van der Waals surface area contributed by atoms with E-state index in [1.54, 1.807) is 0 Å². The lowest BCUT2D eigenvalue weighted by Crippen LogP contribution is -2.32. The van der Waals surface area contributed by atoms with Gasteiger partial charge in [0.25, 0.3) is 0 Å². The molecule has 0 aliphatic heterocycles. The zero-order valence-corrected chi connectivity index (χ0v) is 12.2. The Kier molecular flexibility index (Phi) is 5.21. The number of hydrogen-bond donors (Lipinski definition) is 1. The fraction of sp³-hybridized carbons (Fsp3) is 0.375. The van der Waals surface area contributed by atoms with Crippen LogP contribution < -0.4 is 5.73 Å². The summed E-state index contributed by atoms with van der Waals surface area (Å²) in [7, 11) is 2.10. The van der Waals surface area contributed by atoms with Crippen molar-refractivity contribution in [1.82, 2.24) is 14.9 Å². The minimum Gasteiger partial charge on any atom is -0.329 e. The van der Waals surface area contributed by atoms with Gasteiger partial charge in [0.2, 0.25) is 0 Å². The Hall–Kier alpha value is -1.78. The average Bonchev–Trinajstić information content (AvgIpc) is 2.49. The number of nitrogens with two attached hydrogens (primary N) is 1. The molecule has 1 atom stereocenters. The van der Waals surface area contributed by atoms with Crippen LogP contribution in [0.2, 0.25) is 0 Å². The molecule has 0 bridgehead atoms. The molecule has 106 valence electrons. The Labute approximate surface area is 120 Å². The summed E-state index contributed by atoms with van der Waals surface area (Å²) in [6, 6.07) is 8.25. The molecule has 4 heteroatoms. The maximum Gasteiger partial charge on any atom is 0.0485 e. The van der Waals surface area contributed by atoms with Crippen molar-refractivity contribution in [2.24, 2.45) is 5.73 Å². The molecule has 2 aromatic rings. The number of rotatable bonds is 6.